The van der Waals surface area contributed by atoms with Gasteiger partial charge < -0.3 is 15.8 Å². The Kier molecular flexibility index (Phi) is 4.70. The molecular weight excluding hydrogens is 312 g/mol. The number of nitrogens with one attached hydrogen (secondary N) is 1. The fourth-order valence-corrected chi connectivity index (χ4v) is 2.67. The van der Waals surface area contributed by atoms with E-state index in [1.165, 1.54) is 0 Å². The molecule has 0 bridgehead atoms. The molecular formula is C21H20N2O2. The molecule has 126 valence electrons. The Hall–Kier alpha value is -3.27. The maximum absolute atomic E-state index is 12.8. The summed E-state index contributed by atoms with van der Waals surface area (Å²) >= 11 is 0. The van der Waals surface area contributed by atoms with Crippen molar-refractivity contribution in [2.75, 3.05) is 18.2 Å². The predicted octanol–water partition coefficient (Wildman–Crippen LogP) is 4.56. The summed E-state index contributed by atoms with van der Waals surface area (Å²) in [6.07, 6.45) is 0. The van der Waals surface area contributed by atoms with Gasteiger partial charge in [0.05, 0.1) is 24.2 Å². The summed E-state index contributed by atoms with van der Waals surface area (Å²) in [6, 6.07) is 20.4. The Morgan fingerprint density at radius 1 is 0.960 bits per heavy atom. The van der Waals surface area contributed by atoms with Crippen molar-refractivity contribution in [3.05, 3.63) is 83.4 Å². The summed E-state index contributed by atoms with van der Waals surface area (Å²) in [7, 11) is 1.58. The van der Waals surface area contributed by atoms with E-state index in [2.05, 4.69) is 5.32 Å². The fraction of sp³-hybridized carbons (Fsp3) is 0.0952. The Morgan fingerprint density at radius 3 is 2.40 bits per heavy atom. The summed E-state index contributed by atoms with van der Waals surface area (Å²) in [4.78, 5) is 12.8. The largest absolute Gasteiger partial charge is 0.495 e. The highest BCUT2D eigenvalue weighted by molar-refractivity contribution is 6.10. The van der Waals surface area contributed by atoms with Gasteiger partial charge in [0, 0.05) is 11.1 Å². The Morgan fingerprint density at radius 2 is 1.68 bits per heavy atom. The maximum Gasteiger partial charge on any atom is 0.193 e. The van der Waals surface area contributed by atoms with Gasteiger partial charge >= 0.3 is 0 Å². The van der Waals surface area contributed by atoms with Crippen LogP contribution in [0.2, 0.25) is 0 Å². The number of ether oxygens (including phenoxy) is 1. The zero-order chi connectivity index (χ0) is 17.8. The van der Waals surface area contributed by atoms with Gasteiger partial charge in [-0.15, -0.1) is 0 Å². The third-order valence-corrected chi connectivity index (χ3v) is 4.08. The van der Waals surface area contributed by atoms with Crippen molar-refractivity contribution in [3.8, 4) is 5.75 Å². The zero-order valence-corrected chi connectivity index (χ0v) is 14.2. The Balaban J connectivity index is 1.93. The van der Waals surface area contributed by atoms with Gasteiger partial charge in [0.15, 0.2) is 5.78 Å². The molecule has 3 aromatic carbocycles. The van der Waals surface area contributed by atoms with Gasteiger partial charge in [0.2, 0.25) is 0 Å². The molecule has 3 rings (SSSR count). The molecule has 0 fully saturated rings. The summed E-state index contributed by atoms with van der Waals surface area (Å²) in [5.41, 5.74) is 10.4. The van der Waals surface area contributed by atoms with Gasteiger partial charge in [-0.2, -0.15) is 0 Å². The highest BCUT2D eigenvalue weighted by atomic mass is 16.5. The molecule has 0 unspecified atom stereocenters. The first kappa shape index (κ1) is 16.6. The van der Waals surface area contributed by atoms with Gasteiger partial charge in [-0.3, -0.25) is 4.79 Å². The molecule has 0 saturated heterocycles. The van der Waals surface area contributed by atoms with Crippen molar-refractivity contribution in [2.24, 2.45) is 0 Å². The lowest BCUT2D eigenvalue weighted by atomic mass is 9.99. The van der Waals surface area contributed by atoms with Crippen LogP contribution in [0, 0.1) is 6.92 Å². The van der Waals surface area contributed by atoms with Crippen LogP contribution < -0.4 is 15.8 Å². The smallest absolute Gasteiger partial charge is 0.193 e. The molecule has 4 nitrogen and oxygen atoms in total. The molecule has 25 heavy (non-hydrogen) atoms. The number of hydrogen-bond donors (Lipinski definition) is 2. The molecule has 0 atom stereocenters. The summed E-state index contributed by atoms with van der Waals surface area (Å²) in [5, 5.41) is 3.25. The van der Waals surface area contributed by atoms with E-state index in [1.54, 1.807) is 19.2 Å². The fourth-order valence-electron chi connectivity index (χ4n) is 2.67. The molecule has 3 N–H and O–H groups in total. The molecule has 4 heteroatoms. The van der Waals surface area contributed by atoms with Crippen LogP contribution in [0.15, 0.2) is 66.7 Å². The average molecular weight is 332 g/mol. The van der Waals surface area contributed by atoms with Gasteiger partial charge in [-0.1, -0.05) is 36.4 Å². The van der Waals surface area contributed by atoms with E-state index in [0.29, 0.717) is 22.6 Å². The average Bonchev–Trinajstić information content (AvgIpc) is 2.63. The summed E-state index contributed by atoms with van der Waals surface area (Å²) < 4.78 is 5.46. The number of nitrogens with two attached hydrogens (primary N) is 1. The molecule has 0 aromatic heterocycles. The quantitative estimate of drug-likeness (QED) is 0.531. The molecule has 0 heterocycles. The van der Waals surface area contributed by atoms with Crippen LogP contribution in [0.1, 0.15) is 21.5 Å². The van der Waals surface area contributed by atoms with Crippen LogP contribution in [0.3, 0.4) is 0 Å². The maximum atomic E-state index is 12.8. The lowest BCUT2D eigenvalue weighted by molar-refractivity contribution is 0.103. The topological polar surface area (TPSA) is 64.3 Å². The number of rotatable bonds is 5. The van der Waals surface area contributed by atoms with Crippen molar-refractivity contribution < 1.29 is 9.53 Å². The van der Waals surface area contributed by atoms with E-state index in [9.17, 15) is 4.79 Å². The number of carbonyl (C=O) groups excluding carboxylic acids is 1. The third-order valence-electron chi connectivity index (χ3n) is 4.08. The molecule has 0 spiro atoms. The van der Waals surface area contributed by atoms with Crippen LogP contribution in [0.25, 0.3) is 0 Å². The molecule has 0 aliphatic carbocycles. The van der Waals surface area contributed by atoms with E-state index in [1.807, 2.05) is 61.5 Å². The molecule has 0 aliphatic heterocycles. The number of aryl methyl sites for hydroxylation is 1. The SMILES string of the molecule is COc1cc(C(=O)c2ccccc2C)ccc1Nc1ccccc1N. The number of carbonyl (C=O) groups is 1. The number of benzene rings is 3. The standard InChI is InChI=1S/C21H20N2O2/c1-14-7-3-4-8-16(14)21(24)15-11-12-19(20(13-15)25-2)23-18-10-6-5-9-17(18)22/h3-13,23H,22H2,1-2H3. The number of ketones is 1. The van der Waals surface area contributed by atoms with Crippen LogP contribution >= 0.6 is 0 Å². The summed E-state index contributed by atoms with van der Waals surface area (Å²) in [6.45, 7) is 1.93. The van der Waals surface area contributed by atoms with Gasteiger partial charge in [0.1, 0.15) is 5.75 Å². The molecule has 0 aliphatic rings. The van der Waals surface area contributed by atoms with E-state index in [0.717, 1.165) is 16.9 Å². The van der Waals surface area contributed by atoms with E-state index in [-0.39, 0.29) is 5.78 Å². The van der Waals surface area contributed by atoms with E-state index >= 15 is 0 Å². The number of nitrogen functional groups attached to an aromatic ring is 1. The molecule has 0 radical (unpaired) electrons. The van der Waals surface area contributed by atoms with E-state index in [4.69, 9.17) is 10.5 Å². The zero-order valence-electron chi connectivity index (χ0n) is 14.2. The lowest BCUT2D eigenvalue weighted by Gasteiger charge is -2.14. The van der Waals surface area contributed by atoms with E-state index < -0.39 is 0 Å². The van der Waals surface area contributed by atoms with Crippen molar-refractivity contribution in [3.63, 3.8) is 0 Å². The molecule has 3 aromatic rings. The normalized spacial score (nSPS) is 10.3. The Bertz CT molecular complexity index is 919. The minimum atomic E-state index is -0.0258. The Labute approximate surface area is 147 Å². The second-order valence-electron chi connectivity index (χ2n) is 5.77. The first-order valence-corrected chi connectivity index (χ1v) is 8.00. The molecule has 0 amide bonds. The number of anilines is 3. The minimum absolute atomic E-state index is 0.0258. The van der Waals surface area contributed by atoms with Crippen molar-refractivity contribution in [1.29, 1.82) is 0 Å². The minimum Gasteiger partial charge on any atom is -0.495 e. The van der Waals surface area contributed by atoms with Crippen molar-refractivity contribution in [2.45, 2.75) is 6.92 Å². The van der Waals surface area contributed by atoms with Crippen LogP contribution in [0.4, 0.5) is 17.1 Å². The van der Waals surface area contributed by atoms with Gasteiger partial charge in [-0.05, 0) is 42.8 Å². The second-order valence-corrected chi connectivity index (χ2v) is 5.77. The number of methoxy groups -OCH3 is 1. The number of para-hydroxylation sites is 2. The second kappa shape index (κ2) is 7.09. The molecule has 0 saturated carbocycles. The van der Waals surface area contributed by atoms with Gasteiger partial charge in [0.25, 0.3) is 0 Å². The third kappa shape index (κ3) is 3.48. The summed E-state index contributed by atoms with van der Waals surface area (Å²) in [5.74, 6) is 0.560. The van der Waals surface area contributed by atoms with Crippen molar-refractivity contribution >= 4 is 22.8 Å². The number of hydrogen-bond acceptors (Lipinski definition) is 4. The first-order chi connectivity index (χ1) is 12.1. The highest BCUT2D eigenvalue weighted by Crippen LogP contribution is 2.31. The van der Waals surface area contributed by atoms with Crippen molar-refractivity contribution in [1.82, 2.24) is 0 Å². The van der Waals surface area contributed by atoms with Crippen LogP contribution in [-0.2, 0) is 0 Å². The van der Waals surface area contributed by atoms with Gasteiger partial charge in [-0.25, -0.2) is 0 Å². The predicted molar refractivity (Wildman–Crippen MR) is 102 cm³/mol. The monoisotopic (exact) mass is 332 g/mol. The first-order valence-electron chi connectivity index (χ1n) is 8.00. The highest BCUT2D eigenvalue weighted by Gasteiger charge is 2.14. The van der Waals surface area contributed by atoms with Crippen LogP contribution in [0.5, 0.6) is 5.75 Å². The van der Waals surface area contributed by atoms with Crippen LogP contribution in [-0.4, -0.2) is 12.9 Å². The lowest BCUT2D eigenvalue weighted by Crippen LogP contribution is -2.05.